The van der Waals surface area contributed by atoms with Gasteiger partial charge in [-0.05, 0) is 49.1 Å². The lowest BCUT2D eigenvalue weighted by molar-refractivity contribution is 0.223. The summed E-state index contributed by atoms with van der Waals surface area (Å²) < 4.78 is 0. The van der Waals surface area contributed by atoms with Gasteiger partial charge in [0.25, 0.3) is 0 Å². The van der Waals surface area contributed by atoms with Crippen molar-refractivity contribution < 1.29 is 0 Å². The molecule has 1 aliphatic heterocycles. The lowest BCUT2D eigenvalue weighted by Crippen LogP contribution is -2.33. The zero-order valence-corrected chi connectivity index (χ0v) is 13.3. The highest BCUT2D eigenvalue weighted by atomic mass is 15.2. The van der Waals surface area contributed by atoms with Gasteiger partial charge < -0.3 is 5.73 Å². The maximum atomic E-state index is 6.08. The second-order valence-corrected chi connectivity index (χ2v) is 7.04. The quantitative estimate of drug-likeness (QED) is 0.940. The van der Waals surface area contributed by atoms with Crippen LogP contribution in [0.4, 0.5) is 0 Å². The first-order chi connectivity index (χ1) is 9.98. The highest BCUT2D eigenvalue weighted by molar-refractivity contribution is 5.79. The van der Waals surface area contributed by atoms with Crippen LogP contribution in [0.3, 0.4) is 0 Å². The van der Waals surface area contributed by atoms with E-state index in [1.54, 1.807) is 0 Å². The van der Waals surface area contributed by atoms with E-state index in [0.717, 1.165) is 24.3 Å². The molecule has 1 fully saturated rings. The normalized spacial score (nSPS) is 20.0. The summed E-state index contributed by atoms with van der Waals surface area (Å²) in [5.41, 5.74) is 9.93. The van der Waals surface area contributed by atoms with Crippen LogP contribution in [-0.4, -0.2) is 29.5 Å². The molecule has 1 atom stereocenters. The molecule has 3 heteroatoms. The Bertz CT molecular complexity index is 648. The second kappa shape index (κ2) is 5.39. The van der Waals surface area contributed by atoms with Crippen LogP contribution in [0.15, 0.2) is 30.3 Å². The van der Waals surface area contributed by atoms with Crippen molar-refractivity contribution in [3.8, 4) is 0 Å². The van der Waals surface area contributed by atoms with Gasteiger partial charge in [0.1, 0.15) is 0 Å². The Balaban J connectivity index is 1.92. The molecule has 1 aliphatic rings. The largest absolute Gasteiger partial charge is 0.329 e. The van der Waals surface area contributed by atoms with Gasteiger partial charge in [-0.2, -0.15) is 0 Å². The standard InChI is InChI=1S/C18H25N3/c1-13-4-5-14-10-15(6-7-16(14)20-13)17(11-19)21-9-8-18(2,3)12-21/h4-7,10,17H,8-9,11-12,19H2,1-3H3. The fourth-order valence-corrected chi connectivity index (χ4v) is 3.37. The number of rotatable bonds is 3. The van der Waals surface area contributed by atoms with E-state index >= 15 is 0 Å². The lowest BCUT2D eigenvalue weighted by Gasteiger charge is -2.28. The number of hydrogen-bond donors (Lipinski definition) is 1. The highest BCUT2D eigenvalue weighted by Crippen LogP contribution is 2.34. The number of benzene rings is 1. The van der Waals surface area contributed by atoms with E-state index in [9.17, 15) is 0 Å². The molecule has 2 N–H and O–H groups in total. The Kier molecular flexibility index (Phi) is 3.72. The minimum Gasteiger partial charge on any atom is -0.329 e. The summed E-state index contributed by atoms with van der Waals surface area (Å²) in [4.78, 5) is 7.11. The predicted molar refractivity (Wildman–Crippen MR) is 88.2 cm³/mol. The summed E-state index contributed by atoms with van der Waals surface area (Å²) in [6, 6.07) is 11.1. The molecule has 1 unspecified atom stereocenters. The number of nitrogens with zero attached hydrogens (tertiary/aromatic N) is 2. The zero-order chi connectivity index (χ0) is 15.0. The van der Waals surface area contributed by atoms with Crippen LogP contribution in [0.1, 0.15) is 37.6 Å². The van der Waals surface area contributed by atoms with Crippen molar-refractivity contribution >= 4 is 10.9 Å². The maximum Gasteiger partial charge on any atom is 0.0705 e. The van der Waals surface area contributed by atoms with Crippen molar-refractivity contribution in [2.24, 2.45) is 11.1 Å². The van der Waals surface area contributed by atoms with Crippen LogP contribution in [0.2, 0.25) is 0 Å². The Labute approximate surface area is 127 Å². The summed E-state index contributed by atoms with van der Waals surface area (Å²) in [5, 5.41) is 1.20. The van der Waals surface area contributed by atoms with Crippen LogP contribution in [0, 0.1) is 12.3 Å². The summed E-state index contributed by atoms with van der Waals surface area (Å²) in [7, 11) is 0. The molecule has 3 rings (SSSR count). The molecular formula is C18H25N3. The van der Waals surface area contributed by atoms with Crippen LogP contribution in [0.25, 0.3) is 10.9 Å². The number of fused-ring (bicyclic) bond motifs is 1. The minimum atomic E-state index is 0.317. The van der Waals surface area contributed by atoms with Gasteiger partial charge in [-0.25, -0.2) is 0 Å². The molecule has 112 valence electrons. The zero-order valence-electron chi connectivity index (χ0n) is 13.3. The van der Waals surface area contributed by atoms with E-state index in [1.165, 1.54) is 17.4 Å². The number of aryl methyl sites for hydroxylation is 1. The van der Waals surface area contributed by atoms with Gasteiger partial charge in [-0.3, -0.25) is 9.88 Å². The SMILES string of the molecule is Cc1ccc2cc(C(CN)N3CCC(C)(C)C3)ccc2n1. The number of aromatic nitrogens is 1. The molecule has 0 bridgehead atoms. The average Bonchev–Trinajstić information content (AvgIpc) is 2.80. The topological polar surface area (TPSA) is 42.1 Å². The van der Waals surface area contributed by atoms with Crippen molar-refractivity contribution in [3.63, 3.8) is 0 Å². The number of hydrogen-bond acceptors (Lipinski definition) is 3. The van der Waals surface area contributed by atoms with Crippen LogP contribution >= 0.6 is 0 Å². The Morgan fingerprint density at radius 1 is 1.29 bits per heavy atom. The third-order valence-electron chi connectivity index (χ3n) is 4.61. The third kappa shape index (κ3) is 2.94. The van der Waals surface area contributed by atoms with E-state index in [0.29, 0.717) is 18.0 Å². The van der Waals surface area contributed by atoms with Crippen LogP contribution in [0.5, 0.6) is 0 Å². The Morgan fingerprint density at radius 2 is 2.10 bits per heavy atom. The Morgan fingerprint density at radius 3 is 2.76 bits per heavy atom. The third-order valence-corrected chi connectivity index (χ3v) is 4.61. The molecule has 3 nitrogen and oxygen atoms in total. The molecule has 1 aromatic carbocycles. The van der Waals surface area contributed by atoms with Gasteiger partial charge in [0, 0.05) is 30.2 Å². The van der Waals surface area contributed by atoms with Crippen molar-refractivity contribution in [2.75, 3.05) is 19.6 Å². The van der Waals surface area contributed by atoms with E-state index in [4.69, 9.17) is 5.73 Å². The van der Waals surface area contributed by atoms with Gasteiger partial charge in [0.05, 0.1) is 5.52 Å². The smallest absolute Gasteiger partial charge is 0.0705 e. The van der Waals surface area contributed by atoms with Crippen molar-refractivity contribution in [2.45, 2.75) is 33.2 Å². The fourth-order valence-electron chi connectivity index (χ4n) is 3.37. The lowest BCUT2D eigenvalue weighted by atomic mass is 9.93. The molecule has 0 radical (unpaired) electrons. The van der Waals surface area contributed by atoms with Crippen molar-refractivity contribution in [3.05, 3.63) is 41.6 Å². The summed E-state index contributed by atoms with van der Waals surface area (Å²) in [6.07, 6.45) is 1.25. The molecule has 0 aliphatic carbocycles. The summed E-state index contributed by atoms with van der Waals surface area (Å²) in [6.45, 7) is 9.64. The highest BCUT2D eigenvalue weighted by Gasteiger charge is 2.33. The van der Waals surface area contributed by atoms with Crippen LogP contribution in [-0.2, 0) is 0 Å². The number of likely N-dealkylation sites (tertiary alicyclic amines) is 1. The molecule has 1 saturated heterocycles. The molecule has 0 saturated carbocycles. The van der Waals surface area contributed by atoms with E-state index in [2.05, 4.69) is 54.1 Å². The van der Waals surface area contributed by atoms with Gasteiger partial charge in [0.2, 0.25) is 0 Å². The van der Waals surface area contributed by atoms with E-state index in [1.807, 2.05) is 6.92 Å². The molecular weight excluding hydrogens is 258 g/mol. The molecule has 21 heavy (non-hydrogen) atoms. The van der Waals surface area contributed by atoms with E-state index < -0.39 is 0 Å². The first-order valence-corrected chi connectivity index (χ1v) is 7.80. The monoisotopic (exact) mass is 283 g/mol. The first-order valence-electron chi connectivity index (χ1n) is 7.80. The number of pyridine rings is 1. The maximum absolute atomic E-state index is 6.08. The van der Waals surface area contributed by atoms with Crippen LogP contribution < -0.4 is 5.73 Å². The fraction of sp³-hybridized carbons (Fsp3) is 0.500. The average molecular weight is 283 g/mol. The molecule has 0 amide bonds. The molecule has 2 heterocycles. The predicted octanol–water partition coefficient (Wildman–Crippen LogP) is 3.27. The minimum absolute atomic E-state index is 0.317. The van der Waals surface area contributed by atoms with Crippen molar-refractivity contribution in [1.82, 2.24) is 9.88 Å². The molecule has 1 aromatic heterocycles. The summed E-state index contributed by atoms with van der Waals surface area (Å²) >= 11 is 0. The van der Waals surface area contributed by atoms with Gasteiger partial charge >= 0.3 is 0 Å². The summed E-state index contributed by atoms with van der Waals surface area (Å²) in [5.74, 6) is 0. The van der Waals surface area contributed by atoms with Gasteiger partial charge in [0.15, 0.2) is 0 Å². The van der Waals surface area contributed by atoms with Crippen molar-refractivity contribution in [1.29, 1.82) is 0 Å². The molecule has 2 aromatic rings. The molecule has 0 spiro atoms. The Hall–Kier alpha value is -1.45. The van der Waals surface area contributed by atoms with E-state index in [-0.39, 0.29) is 0 Å². The van der Waals surface area contributed by atoms with Gasteiger partial charge in [-0.1, -0.05) is 26.0 Å². The first kappa shape index (κ1) is 14.5. The van der Waals surface area contributed by atoms with Gasteiger partial charge in [-0.15, -0.1) is 0 Å². The second-order valence-electron chi connectivity index (χ2n) is 7.04. The number of nitrogens with two attached hydrogens (primary N) is 1.